The van der Waals surface area contributed by atoms with Crippen LogP contribution in [-0.4, -0.2) is 83.7 Å². The molecular formula is C16H27N7O3. The van der Waals surface area contributed by atoms with Gasteiger partial charge in [0.1, 0.15) is 0 Å². The van der Waals surface area contributed by atoms with Gasteiger partial charge in [-0.2, -0.15) is 5.10 Å². The Balaban J connectivity index is 1.89. The molecule has 10 heteroatoms. The number of fused-ring (bicyclic) bond motifs is 1. The molecule has 10 nitrogen and oxygen atoms in total. The lowest BCUT2D eigenvalue weighted by Gasteiger charge is -2.23. The molecule has 26 heavy (non-hydrogen) atoms. The van der Waals surface area contributed by atoms with Crippen molar-refractivity contribution >= 4 is 18.0 Å². The van der Waals surface area contributed by atoms with E-state index in [0.29, 0.717) is 13.1 Å². The lowest BCUT2D eigenvalue weighted by molar-refractivity contribution is -0.120. The fraction of sp³-hybridized carbons (Fsp3) is 0.625. The van der Waals surface area contributed by atoms with Crippen LogP contribution in [0.25, 0.3) is 0 Å². The van der Waals surface area contributed by atoms with Gasteiger partial charge in [0.25, 0.3) is 0 Å². The minimum atomic E-state index is -0.320. The second kappa shape index (κ2) is 8.54. The number of aromatic nitrogens is 2. The van der Waals surface area contributed by atoms with E-state index >= 15 is 0 Å². The van der Waals surface area contributed by atoms with Gasteiger partial charge < -0.3 is 25.3 Å². The lowest BCUT2D eigenvalue weighted by Crippen LogP contribution is -2.41. The topological polar surface area (TPSA) is 103 Å². The predicted molar refractivity (Wildman–Crippen MR) is 95.3 cm³/mol. The van der Waals surface area contributed by atoms with E-state index < -0.39 is 0 Å². The number of rotatable bonds is 4. The van der Waals surface area contributed by atoms with E-state index in [4.69, 9.17) is 0 Å². The number of aryl methyl sites for hydroxylation is 1. The number of urea groups is 2. The van der Waals surface area contributed by atoms with Crippen LogP contribution in [0.4, 0.5) is 9.59 Å². The first kappa shape index (κ1) is 19.5. The zero-order valence-electron chi connectivity index (χ0n) is 15.8. The molecule has 2 rings (SSSR count). The molecule has 1 aliphatic heterocycles. The van der Waals surface area contributed by atoms with Gasteiger partial charge in [-0.15, -0.1) is 0 Å². The van der Waals surface area contributed by atoms with Crippen LogP contribution in [0.3, 0.4) is 0 Å². The summed E-state index contributed by atoms with van der Waals surface area (Å²) in [6.07, 6.45) is 0.830. The summed E-state index contributed by atoms with van der Waals surface area (Å²) in [5.74, 6) is -0.284. The number of carbonyl (C=O) groups is 3. The maximum absolute atomic E-state index is 12.2. The fourth-order valence-electron chi connectivity index (χ4n) is 2.62. The molecule has 144 valence electrons. The molecule has 0 saturated heterocycles. The normalized spacial score (nSPS) is 13.5. The quantitative estimate of drug-likeness (QED) is 0.762. The zero-order valence-corrected chi connectivity index (χ0v) is 15.8. The third kappa shape index (κ3) is 5.11. The molecule has 0 aliphatic carbocycles. The van der Waals surface area contributed by atoms with Crippen molar-refractivity contribution in [3.63, 3.8) is 0 Å². The van der Waals surface area contributed by atoms with Gasteiger partial charge in [-0.3, -0.25) is 9.48 Å². The maximum atomic E-state index is 12.2. The second-order valence-electron chi connectivity index (χ2n) is 6.63. The number of nitrogens with zero attached hydrogens (tertiary/aromatic N) is 5. The van der Waals surface area contributed by atoms with Crippen molar-refractivity contribution in [2.24, 2.45) is 0 Å². The first-order valence-corrected chi connectivity index (χ1v) is 8.51. The average Bonchev–Trinajstić information content (AvgIpc) is 2.87. The predicted octanol–water partition coefficient (Wildman–Crippen LogP) is -0.342. The van der Waals surface area contributed by atoms with E-state index in [1.54, 1.807) is 38.0 Å². The molecule has 1 aromatic rings. The molecule has 2 heterocycles. The van der Waals surface area contributed by atoms with Crippen LogP contribution >= 0.6 is 0 Å². The number of carbonyl (C=O) groups excluding carboxylic acids is 3. The van der Waals surface area contributed by atoms with E-state index in [2.05, 4.69) is 15.7 Å². The summed E-state index contributed by atoms with van der Waals surface area (Å²) in [7, 11) is 6.69. The third-order valence-electron chi connectivity index (χ3n) is 3.99. The van der Waals surface area contributed by atoms with Crippen LogP contribution in [0, 0.1) is 0 Å². The highest BCUT2D eigenvalue weighted by Crippen LogP contribution is 2.14. The highest BCUT2D eigenvalue weighted by molar-refractivity contribution is 5.83. The first-order valence-electron chi connectivity index (χ1n) is 8.51. The molecule has 0 fully saturated rings. The fourth-order valence-corrected chi connectivity index (χ4v) is 2.62. The van der Waals surface area contributed by atoms with Crippen molar-refractivity contribution in [1.29, 1.82) is 0 Å². The summed E-state index contributed by atoms with van der Waals surface area (Å²) in [6, 6.07) is 1.56. The molecule has 0 saturated carbocycles. The SMILES string of the molecule is CN(C)C(=O)NCC(=O)NCc1cc2n(n1)CCCN(C(=O)N(C)C)C2. The molecule has 0 atom stereocenters. The Kier molecular flexibility index (Phi) is 6.42. The molecule has 0 spiro atoms. The molecule has 5 amide bonds. The van der Waals surface area contributed by atoms with Crippen molar-refractivity contribution in [3.05, 3.63) is 17.5 Å². The van der Waals surface area contributed by atoms with Gasteiger partial charge in [-0.1, -0.05) is 0 Å². The van der Waals surface area contributed by atoms with E-state index in [1.165, 1.54) is 4.90 Å². The van der Waals surface area contributed by atoms with Crippen molar-refractivity contribution in [3.8, 4) is 0 Å². The Bertz CT molecular complexity index is 669. The summed E-state index contributed by atoms with van der Waals surface area (Å²) in [4.78, 5) is 40.1. The van der Waals surface area contributed by atoms with Crippen LogP contribution < -0.4 is 10.6 Å². The monoisotopic (exact) mass is 365 g/mol. The van der Waals surface area contributed by atoms with E-state index in [-0.39, 0.29) is 31.1 Å². The Morgan fingerprint density at radius 1 is 1.12 bits per heavy atom. The van der Waals surface area contributed by atoms with Crippen LogP contribution in [0.5, 0.6) is 0 Å². The Hall–Kier alpha value is -2.78. The second-order valence-corrected chi connectivity index (χ2v) is 6.63. The number of hydrogen-bond donors (Lipinski definition) is 2. The third-order valence-corrected chi connectivity index (χ3v) is 3.99. The Morgan fingerprint density at radius 3 is 2.50 bits per heavy atom. The van der Waals surface area contributed by atoms with Crippen LogP contribution in [0.1, 0.15) is 17.8 Å². The minimum absolute atomic E-state index is 0.0221. The molecule has 1 aliphatic rings. The molecule has 0 bridgehead atoms. The van der Waals surface area contributed by atoms with Crippen LogP contribution in [0.15, 0.2) is 6.07 Å². The van der Waals surface area contributed by atoms with E-state index in [1.807, 2.05) is 10.7 Å². The zero-order chi connectivity index (χ0) is 19.3. The van der Waals surface area contributed by atoms with Gasteiger partial charge in [0, 0.05) is 41.3 Å². The Morgan fingerprint density at radius 2 is 1.85 bits per heavy atom. The van der Waals surface area contributed by atoms with Crippen molar-refractivity contribution in [1.82, 2.24) is 35.1 Å². The van der Waals surface area contributed by atoms with E-state index in [9.17, 15) is 14.4 Å². The van der Waals surface area contributed by atoms with Gasteiger partial charge in [0.2, 0.25) is 5.91 Å². The molecule has 0 unspecified atom stereocenters. The van der Waals surface area contributed by atoms with Gasteiger partial charge in [0.05, 0.1) is 31.0 Å². The minimum Gasteiger partial charge on any atom is -0.349 e. The summed E-state index contributed by atoms with van der Waals surface area (Å²) in [5.41, 5.74) is 1.68. The van der Waals surface area contributed by atoms with Gasteiger partial charge >= 0.3 is 12.1 Å². The molecule has 1 aromatic heterocycles. The summed E-state index contributed by atoms with van der Waals surface area (Å²) >= 11 is 0. The summed E-state index contributed by atoms with van der Waals surface area (Å²) in [6.45, 7) is 2.11. The number of nitrogens with one attached hydrogen (secondary N) is 2. The van der Waals surface area contributed by atoms with Crippen molar-refractivity contribution < 1.29 is 14.4 Å². The maximum Gasteiger partial charge on any atom is 0.319 e. The molecular weight excluding hydrogens is 338 g/mol. The Labute approximate surface area is 153 Å². The van der Waals surface area contributed by atoms with Gasteiger partial charge in [-0.25, -0.2) is 9.59 Å². The smallest absolute Gasteiger partial charge is 0.319 e. The number of hydrogen-bond acceptors (Lipinski definition) is 4. The molecule has 0 aromatic carbocycles. The van der Waals surface area contributed by atoms with Crippen molar-refractivity contribution in [2.75, 3.05) is 41.3 Å². The largest absolute Gasteiger partial charge is 0.349 e. The van der Waals surface area contributed by atoms with Crippen LogP contribution in [-0.2, 0) is 24.4 Å². The van der Waals surface area contributed by atoms with Gasteiger partial charge in [0.15, 0.2) is 0 Å². The molecule has 0 radical (unpaired) electrons. The van der Waals surface area contributed by atoms with E-state index in [0.717, 1.165) is 24.4 Å². The van der Waals surface area contributed by atoms with Crippen molar-refractivity contribution in [2.45, 2.75) is 26.1 Å². The molecule has 2 N–H and O–H groups in total. The summed E-state index contributed by atoms with van der Waals surface area (Å²) in [5, 5.41) is 9.74. The van der Waals surface area contributed by atoms with Gasteiger partial charge in [-0.05, 0) is 12.5 Å². The standard InChI is InChI=1S/C16H27N7O3/c1-20(2)15(25)18-10-14(24)17-9-12-8-13-11-22(16(26)21(3)4)6-5-7-23(13)19-12/h8H,5-7,9-11H2,1-4H3,(H,17,24)(H,18,25). The number of amides is 5. The highest BCUT2D eigenvalue weighted by atomic mass is 16.2. The summed E-state index contributed by atoms with van der Waals surface area (Å²) < 4.78 is 1.89. The highest BCUT2D eigenvalue weighted by Gasteiger charge is 2.21. The average molecular weight is 365 g/mol. The lowest BCUT2D eigenvalue weighted by atomic mass is 10.3. The first-order chi connectivity index (χ1) is 12.3. The van der Waals surface area contributed by atoms with Crippen LogP contribution in [0.2, 0.25) is 0 Å².